The summed E-state index contributed by atoms with van der Waals surface area (Å²) in [4.78, 5) is 37.9. The first-order valence-corrected chi connectivity index (χ1v) is 26.9. The van der Waals surface area contributed by atoms with Gasteiger partial charge in [-0.1, -0.05) is 254 Å². The zero-order chi connectivity index (χ0) is 46.5. The minimum absolute atomic E-state index is 0.0954. The number of allylic oxidation sites excluding steroid dienone is 12. The lowest BCUT2D eigenvalue weighted by atomic mass is 10.0. The van der Waals surface area contributed by atoms with Crippen molar-refractivity contribution in [3.63, 3.8) is 0 Å². The summed E-state index contributed by atoms with van der Waals surface area (Å²) >= 11 is 0. The summed E-state index contributed by atoms with van der Waals surface area (Å²) in [5.74, 6) is -0.978. The molecule has 64 heavy (non-hydrogen) atoms. The first-order valence-electron chi connectivity index (χ1n) is 26.9. The molecule has 0 saturated heterocycles. The molecule has 0 aliphatic rings. The first-order chi connectivity index (χ1) is 31.5. The molecule has 0 N–H and O–H groups in total. The van der Waals surface area contributed by atoms with E-state index in [0.717, 1.165) is 77.0 Å². The van der Waals surface area contributed by atoms with Gasteiger partial charge in [-0.3, -0.25) is 14.4 Å². The molecule has 0 aliphatic heterocycles. The third kappa shape index (κ3) is 49.9. The molecule has 6 heteroatoms. The summed E-state index contributed by atoms with van der Waals surface area (Å²) in [6.07, 6.45) is 66.2. The topological polar surface area (TPSA) is 78.9 Å². The maximum Gasteiger partial charge on any atom is 0.306 e. The lowest BCUT2D eigenvalue weighted by Crippen LogP contribution is -2.30. The average Bonchev–Trinajstić information content (AvgIpc) is 3.29. The molecule has 368 valence electrons. The summed E-state index contributed by atoms with van der Waals surface area (Å²) in [6.45, 7) is 6.46. The van der Waals surface area contributed by atoms with Crippen LogP contribution < -0.4 is 0 Å². The van der Waals surface area contributed by atoms with E-state index in [2.05, 4.69) is 87.6 Å². The fourth-order valence-electron chi connectivity index (χ4n) is 7.47. The van der Waals surface area contributed by atoms with Crippen LogP contribution in [0.3, 0.4) is 0 Å². The zero-order valence-electron chi connectivity index (χ0n) is 42.0. The Morgan fingerprint density at radius 1 is 0.328 bits per heavy atom. The molecule has 0 unspecified atom stereocenters. The van der Waals surface area contributed by atoms with Gasteiger partial charge in [0.2, 0.25) is 0 Å². The van der Waals surface area contributed by atoms with Gasteiger partial charge < -0.3 is 14.2 Å². The third-order valence-electron chi connectivity index (χ3n) is 11.5. The standard InChI is InChI=1S/C58H100O6/c1-4-7-10-13-16-19-22-24-26-28-29-31-32-34-36-39-42-45-48-51-57(60)63-54-55(53-62-56(59)50-47-44-41-38-21-18-15-12-9-6-3)64-58(61)52-49-46-43-40-37-35-33-30-27-25-23-20-17-14-11-8-5-2/h7,10,16,19,24,26,29,31,34,36,42,45,55H,4-6,8-9,11-15,17-18,20-23,25,27-28,30,32-33,35,37-41,43-44,46-54H2,1-3H3/b10-7-,19-16-,26-24-,31-29-,36-34-,45-42-/t55-/m1/s1. The van der Waals surface area contributed by atoms with E-state index in [9.17, 15) is 14.4 Å². The fourth-order valence-corrected chi connectivity index (χ4v) is 7.47. The molecule has 0 fully saturated rings. The van der Waals surface area contributed by atoms with Gasteiger partial charge in [-0.2, -0.15) is 0 Å². The van der Waals surface area contributed by atoms with Crippen LogP contribution >= 0.6 is 0 Å². The second kappa shape index (κ2) is 52.5. The van der Waals surface area contributed by atoms with Crippen LogP contribution in [0.25, 0.3) is 0 Å². The molecule has 0 radical (unpaired) electrons. The Labute approximate surface area is 395 Å². The Bertz CT molecular complexity index is 1210. The molecule has 0 aromatic carbocycles. The van der Waals surface area contributed by atoms with Crippen molar-refractivity contribution in [2.45, 2.75) is 264 Å². The number of hydrogen-bond donors (Lipinski definition) is 0. The number of carbonyl (C=O) groups is 3. The summed E-state index contributed by atoms with van der Waals surface area (Å²) in [6, 6.07) is 0. The maximum absolute atomic E-state index is 12.8. The molecule has 0 bridgehead atoms. The van der Waals surface area contributed by atoms with Crippen molar-refractivity contribution >= 4 is 17.9 Å². The lowest BCUT2D eigenvalue weighted by Gasteiger charge is -2.18. The van der Waals surface area contributed by atoms with Crippen LogP contribution in [0.5, 0.6) is 0 Å². The highest BCUT2D eigenvalue weighted by Gasteiger charge is 2.19. The molecule has 0 aliphatic carbocycles. The molecular formula is C58H100O6. The molecular weight excluding hydrogens is 793 g/mol. The molecule has 0 saturated carbocycles. The summed E-state index contributed by atoms with van der Waals surface area (Å²) in [5, 5.41) is 0. The Morgan fingerprint density at radius 3 is 0.953 bits per heavy atom. The molecule has 0 amide bonds. The second-order valence-corrected chi connectivity index (χ2v) is 17.8. The third-order valence-corrected chi connectivity index (χ3v) is 11.5. The van der Waals surface area contributed by atoms with E-state index >= 15 is 0 Å². The Morgan fingerprint density at radius 2 is 0.609 bits per heavy atom. The normalized spacial score (nSPS) is 12.6. The van der Waals surface area contributed by atoms with Gasteiger partial charge in [-0.15, -0.1) is 0 Å². The minimum atomic E-state index is -0.801. The number of ether oxygens (including phenoxy) is 3. The van der Waals surface area contributed by atoms with Crippen LogP contribution in [0.2, 0.25) is 0 Å². The van der Waals surface area contributed by atoms with Crippen molar-refractivity contribution in [2.75, 3.05) is 13.2 Å². The maximum atomic E-state index is 12.8. The fraction of sp³-hybridized carbons (Fsp3) is 0.741. The van der Waals surface area contributed by atoms with Crippen molar-refractivity contribution in [2.24, 2.45) is 0 Å². The van der Waals surface area contributed by atoms with Gasteiger partial charge in [0.1, 0.15) is 13.2 Å². The van der Waals surface area contributed by atoms with Crippen molar-refractivity contribution in [3.05, 3.63) is 72.9 Å². The molecule has 6 nitrogen and oxygen atoms in total. The largest absolute Gasteiger partial charge is 0.462 e. The summed E-state index contributed by atoms with van der Waals surface area (Å²) in [7, 11) is 0. The monoisotopic (exact) mass is 893 g/mol. The van der Waals surface area contributed by atoms with Crippen LogP contribution in [-0.4, -0.2) is 37.2 Å². The SMILES string of the molecule is CC/C=C\C/C=C\C/C=C\C/C=C\C/C=C\C/C=C\CCC(=O)OC[C@@H](COC(=O)CCCCCCCCCCCC)OC(=O)CCCCCCCCCCCCCCCCCCC. The number of unbranched alkanes of at least 4 members (excludes halogenated alkanes) is 25. The highest BCUT2D eigenvalue weighted by molar-refractivity contribution is 5.71. The predicted octanol–water partition coefficient (Wildman–Crippen LogP) is 17.8. The Balaban J connectivity index is 4.43. The number of carbonyl (C=O) groups excluding carboxylic acids is 3. The van der Waals surface area contributed by atoms with Crippen LogP contribution in [0.1, 0.15) is 258 Å². The highest BCUT2D eigenvalue weighted by atomic mass is 16.6. The van der Waals surface area contributed by atoms with E-state index in [4.69, 9.17) is 14.2 Å². The summed E-state index contributed by atoms with van der Waals surface area (Å²) < 4.78 is 16.7. The average molecular weight is 893 g/mol. The van der Waals surface area contributed by atoms with Gasteiger partial charge in [0.25, 0.3) is 0 Å². The molecule has 1 atom stereocenters. The molecule has 0 aromatic heterocycles. The van der Waals surface area contributed by atoms with Crippen molar-refractivity contribution in [1.82, 2.24) is 0 Å². The zero-order valence-corrected chi connectivity index (χ0v) is 42.0. The molecule has 0 aromatic rings. The van der Waals surface area contributed by atoms with E-state index in [1.54, 1.807) is 0 Å². The van der Waals surface area contributed by atoms with E-state index in [-0.39, 0.29) is 37.5 Å². The van der Waals surface area contributed by atoms with Gasteiger partial charge in [0, 0.05) is 19.3 Å². The van der Waals surface area contributed by atoms with E-state index in [1.807, 2.05) is 6.08 Å². The first kappa shape index (κ1) is 60.9. The summed E-state index contributed by atoms with van der Waals surface area (Å²) in [5.41, 5.74) is 0. The van der Waals surface area contributed by atoms with E-state index in [0.29, 0.717) is 19.3 Å². The van der Waals surface area contributed by atoms with Crippen molar-refractivity contribution in [1.29, 1.82) is 0 Å². The van der Waals surface area contributed by atoms with Crippen molar-refractivity contribution in [3.8, 4) is 0 Å². The number of rotatable bonds is 48. The van der Waals surface area contributed by atoms with Gasteiger partial charge in [-0.05, 0) is 57.8 Å². The molecule has 0 spiro atoms. The number of esters is 3. The van der Waals surface area contributed by atoms with Crippen LogP contribution in [0.4, 0.5) is 0 Å². The van der Waals surface area contributed by atoms with E-state index in [1.165, 1.54) is 135 Å². The Kier molecular flexibility index (Phi) is 49.9. The molecule has 0 heterocycles. The Hall–Kier alpha value is -3.15. The minimum Gasteiger partial charge on any atom is -0.462 e. The van der Waals surface area contributed by atoms with Gasteiger partial charge in [-0.25, -0.2) is 0 Å². The quantitative estimate of drug-likeness (QED) is 0.0262. The van der Waals surface area contributed by atoms with Crippen LogP contribution in [0, 0.1) is 0 Å². The molecule has 0 rings (SSSR count). The second-order valence-electron chi connectivity index (χ2n) is 17.8. The van der Waals surface area contributed by atoms with Gasteiger partial charge in [0.15, 0.2) is 6.10 Å². The van der Waals surface area contributed by atoms with Crippen LogP contribution in [-0.2, 0) is 28.6 Å². The highest BCUT2D eigenvalue weighted by Crippen LogP contribution is 2.16. The smallest absolute Gasteiger partial charge is 0.306 e. The van der Waals surface area contributed by atoms with Gasteiger partial charge >= 0.3 is 17.9 Å². The number of hydrogen-bond acceptors (Lipinski definition) is 6. The van der Waals surface area contributed by atoms with Crippen molar-refractivity contribution < 1.29 is 28.6 Å². The lowest BCUT2D eigenvalue weighted by molar-refractivity contribution is -0.166. The predicted molar refractivity (Wildman–Crippen MR) is 274 cm³/mol. The van der Waals surface area contributed by atoms with Crippen LogP contribution in [0.15, 0.2) is 72.9 Å². The van der Waals surface area contributed by atoms with E-state index < -0.39 is 6.10 Å². The van der Waals surface area contributed by atoms with Gasteiger partial charge in [0.05, 0.1) is 0 Å².